The first-order valence-corrected chi connectivity index (χ1v) is 8.64. The van der Waals surface area contributed by atoms with Crippen LogP contribution in [0.4, 0.5) is 0 Å². The molecule has 0 atom stereocenters. The van der Waals surface area contributed by atoms with Crippen LogP contribution in [0.2, 0.25) is 0 Å². The van der Waals surface area contributed by atoms with Crippen molar-refractivity contribution >= 4 is 10.8 Å². The van der Waals surface area contributed by atoms with Gasteiger partial charge in [0, 0.05) is 6.54 Å². The van der Waals surface area contributed by atoms with Gasteiger partial charge in [0.2, 0.25) is 0 Å². The first kappa shape index (κ1) is 18.0. The van der Waals surface area contributed by atoms with Crippen LogP contribution in [0.15, 0.2) is 60.7 Å². The highest BCUT2D eigenvalue weighted by Gasteiger charge is 2.02. The zero-order chi connectivity index (χ0) is 17.4. The molecule has 0 unspecified atom stereocenters. The largest absolute Gasteiger partial charge is 0.492 e. The number of likely N-dealkylation sites (N-methyl/N-ethyl adjacent to an activating group) is 1. The molecule has 1 N–H and O–H groups in total. The molecule has 0 saturated carbocycles. The highest BCUT2D eigenvalue weighted by molar-refractivity contribution is 5.88. The lowest BCUT2D eigenvalue weighted by atomic mass is 10.0. The van der Waals surface area contributed by atoms with Crippen molar-refractivity contribution in [3.05, 3.63) is 66.2 Å². The van der Waals surface area contributed by atoms with Crippen LogP contribution in [0, 0.1) is 6.92 Å². The predicted molar refractivity (Wildman–Crippen MR) is 105 cm³/mol. The summed E-state index contributed by atoms with van der Waals surface area (Å²) in [6, 6.07) is 21.5. The maximum absolute atomic E-state index is 5.72. The van der Waals surface area contributed by atoms with E-state index in [-0.39, 0.29) is 0 Å². The Balaban J connectivity index is 0.00000100. The summed E-state index contributed by atoms with van der Waals surface area (Å²) < 4.78 is 5.72. The van der Waals surface area contributed by atoms with Crippen LogP contribution in [-0.2, 0) is 0 Å². The zero-order valence-electron chi connectivity index (χ0n) is 15.1. The van der Waals surface area contributed by atoms with Crippen molar-refractivity contribution < 1.29 is 4.74 Å². The average Bonchev–Trinajstić information content (AvgIpc) is 2.64. The quantitative estimate of drug-likeness (QED) is 0.632. The third-order valence-electron chi connectivity index (χ3n) is 3.82. The minimum atomic E-state index is 0.684. The Morgan fingerprint density at radius 3 is 2.12 bits per heavy atom. The molecule has 3 aromatic rings. The van der Waals surface area contributed by atoms with Gasteiger partial charge in [0.05, 0.1) is 0 Å². The highest BCUT2D eigenvalue weighted by atomic mass is 16.5. The highest BCUT2D eigenvalue weighted by Crippen LogP contribution is 2.27. The van der Waals surface area contributed by atoms with E-state index in [2.05, 4.69) is 66.8 Å². The van der Waals surface area contributed by atoms with Gasteiger partial charge in [-0.1, -0.05) is 61.9 Å². The van der Waals surface area contributed by atoms with Gasteiger partial charge in [-0.2, -0.15) is 0 Å². The molecule has 0 aromatic heterocycles. The molecule has 2 heteroatoms. The Hall–Kier alpha value is -2.32. The lowest BCUT2D eigenvalue weighted by Gasteiger charge is -2.08. The third-order valence-corrected chi connectivity index (χ3v) is 3.82. The van der Waals surface area contributed by atoms with Crippen molar-refractivity contribution in [3.8, 4) is 16.9 Å². The lowest BCUT2D eigenvalue weighted by molar-refractivity contribution is 0.319. The van der Waals surface area contributed by atoms with E-state index in [4.69, 9.17) is 4.74 Å². The Morgan fingerprint density at radius 1 is 0.792 bits per heavy atom. The third kappa shape index (κ3) is 4.59. The summed E-state index contributed by atoms with van der Waals surface area (Å²) in [4.78, 5) is 0. The molecular formula is C22H27NO. The SMILES string of the molecule is CC.CNCCOc1ccc2cc(-c3ccc(C)cc3)ccc2c1. The summed E-state index contributed by atoms with van der Waals surface area (Å²) in [5.41, 5.74) is 3.78. The average molecular weight is 321 g/mol. The van der Waals surface area contributed by atoms with E-state index in [0.717, 1.165) is 12.3 Å². The van der Waals surface area contributed by atoms with Crippen LogP contribution in [0.1, 0.15) is 19.4 Å². The molecule has 0 fully saturated rings. The smallest absolute Gasteiger partial charge is 0.120 e. The maximum atomic E-state index is 5.72. The molecule has 0 radical (unpaired) electrons. The van der Waals surface area contributed by atoms with Gasteiger partial charge in [-0.15, -0.1) is 0 Å². The van der Waals surface area contributed by atoms with E-state index >= 15 is 0 Å². The van der Waals surface area contributed by atoms with Gasteiger partial charge in [-0.05, 0) is 54.1 Å². The first-order chi connectivity index (χ1) is 11.8. The number of rotatable bonds is 5. The van der Waals surface area contributed by atoms with Gasteiger partial charge in [0.1, 0.15) is 12.4 Å². The minimum absolute atomic E-state index is 0.684. The van der Waals surface area contributed by atoms with E-state index < -0.39 is 0 Å². The summed E-state index contributed by atoms with van der Waals surface area (Å²) in [6.45, 7) is 7.65. The van der Waals surface area contributed by atoms with Crippen LogP contribution in [0.5, 0.6) is 5.75 Å². The topological polar surface area (TPSA) is 21.3 Å². The Morgan fingerprint density at radius 2 is 1.42 bits per heavy atom. The molecule has 0 aliphatic rings. The molecule has 0 aliphatic carbocycles. The van der Waals surface area contributed by atoms with Crippen molar-refractivity contribution in [1.29, 1.82) is 0 Å². The summed E-state index contributed by atoms with van der Waals surface area (Å²) in [5.74, 6) is 0.922. The van der Waals surface area contributed by atoms with Crippen molar-refractivity contribution in [2.45, 2.75) is 20.8 Å². The number of ether oxygens (including phenoxy) is 1. The fourth-order valence-corrected chi connectivity index (χ4v) is 2.51. The molecule has 0 heterocycles. The van der Waals surface area contributed by atoms with Crippen molar-refractivity contribution in [3.63, 3.8) is 0 Å². The minimum Gasteiger partial charge on any atom is -0.492 e. The molecule has 2 nitrogen and oxygen atoms in total. The Labute approximate surface area is 145 Å². The summed E-state index contributed by atoms with van der Waals surface area (Å²) >= 11 is 0. The van der Waals surface area contributed by atoms with Crippen LogP contribution >= 0.6 is 0 Å². The number of nitrogens with one attached hydrogen (secondary N) is 1. The van der Waals surface area contributed by atoms with Crippen LogP contribution in [0.3, 0.4) is 0 Å². The second-order valence-corrected chi connectivity index (χ2v) is 5.54. The predicted octanol–water partition coefficient (Wildman–Crippen LogP) is 5.44. The Bertz CT molecular complexity index is 763. The number of hydrogen-bond donors (Lipinski definition) is 1. The van der Waals surface area contributed by atoms with Crippen molar-refractivity contribution in [1.82, 2.24) is 5.32 Å². The fourth-order valence-electron chi connectivity index (χ4n) is 2.51. The molecule has 0 spiro atoms. The number of hydrogen-bond acceptors (Lipinski definition) is 2. The van der Waals surface area contributed by atoms with E-state index in [1.807, 2.05) is 27.0 Å². The molecule has 0 saturated heterocycles. The van der Waals surface area contributed by atoms with Gasteiger partial charge in [-0.3, -0.25) is 0 Å². The monoisotopic (exact) mass is 321 g/mol. The van der Waals surface area contributed by atoms with Crippen LogP contribution in [-0.4, -0.2) is 20.2 Å². The molecule has 3 rings (SSSR count). The molecule has 0 bridgehead atoms. The zero-order valence-corrected chi connectivity index (χ0v) is 15.1. The number of benzene rings is 3. The summed E-state index contributed by atoms with van der Waals surface area (Å²) in [5, 5.41) is 5.52. The maximum Gasteiger partial charge on any atom is 0.120 e. The van der Waals surface area contributed by atoms with Gasteiger partial charge in [-0.25, -0.2) is 0 Å². The van der Waals surface area contributed by atoms with Gasteiger partial charge in [0.15, 0.2) is 0 Å². The van der Waals surface area contributed by atoms with Gasteiger partial charge in [0.25, 0.3) is 0 Å². The molecule has 126 valence electrons. The normalized spacial score (nSPS) is 10.2. The molecule has 0 aliphatic heterocycles. The fraction of sp³-hybridized carbons (Fsp3) is 0.273. The lowest BCUT2D eigenvalue weighted by Crippen LogP contribution is -2.15. The van der Waals surface area contributed by atoms with Crippen molar-refractivity contribution in [2.75, 3.05) is 20.2 Å². The number of aryl methyl sites for hydroxylation is 1. The molecule has 24 heavy (non-hydrogen) atoms. The van der Waals surface area contributed by atoms with Crippen molar-refractivity contribution in [2.24, 2.45) is 0 Å². The van der Waals surface area contributed by atoms with E-state index in [1.165, 1.54) is 27.5 Å². The summed E-state index contributed by atoms with van der Waals surface area (Å²) in [6.07, 6.45) is 0. The molecule has 3 aromatic carbocycles. The standard InChI is InChI=1S/C20H21NO.C2H6/c1-15-3-5-16(6-4-15)17-7-8-19-14-20(22-12-11-21-2)10-9-18(19)13-17;1-2/h3-10,13-14,21H,11-12H2,1-2H3;1-2H3. The molecular weight excluding hydrogens is 294 g/mol. The second-order valence-electron chi connectivity index (χ2n) is 5.54. The van der Waals surface area contributed by atoms with Gasteiger partial charge >= 0.3 is 0 Å². The van der Waals surface area contributed by atoms with Crippen LogP contribution < -0.4 is 10.1 Å². The Kier molecular flexibility index (Phi) is 6.83. The van der Waals surface area contributed by atoms with Gasteiger partial charge < -0.3 is 10.1 Å². The molecule has 0 amide bonds. The van der Waals surface area contributed by atoms with E-state index in [9.17, 15) is 0 Å². The van der Waals surface area contributed by atoms with E-state index in [1.54, 1.807) is 0 Å². The van der Waals surface area contributed by atoms with E-state index in [0.29, 0.717) is 6.61 Å². The van der Waals surface area contributed by atoms with Crippen LogP contribution in [0.25, 0.3) is 21.9 Å². The first-order valence-electron chi connectivity index (χ1n) is 8.64. The number of fused-ring (bicyclic) bond motifs is 1. The second kappa shape index (κ2) is 9.09. The summed E-state index contributed by atoms with van der Waals surface area (Å²) in [7, 11) is 1.93.